The molecule has 0 aliphatic heterocycles. The van der Waals surface area contributed by atoms with E-state index in [9.17, 15) is 9.59 Å². The fraction of sp³-hybridized carbons (Fsp3) is 0.208. The highest BCUT2D eigenvalue weighted by atomic mass is 16.2. The fourth-order valence-electron chi connectivity index (χ4n) is 3.34. The molecule has 3 rings (SSSR count). The second-order valence-electron chi connectivity index (χ2n) is 7.30. The number of rotatable bonds is 5. The van der Waals surface area contributed by atoms with Crippen molar-refractivity contribution in [3.8, 4) is 0 Å². The summed E-state index contributed by atoms with van der Waals surface area (Å²) in [6.07, 6.45) is 2.93. The van der Waals surface area contributed by atoms with E-state index >= 15 is 0 Å². The first kappa shape index (κ1) is 20.3. The highest BCUT2D eigenvalue weighted by molar-refractivity contribution is 6.06. The molecular formula is C24H25N3O2. The molecule has 0 bridgehead atoms. The van der Waals surface area contributed by atoms with Gasteiger partial charge in [-0.2, -0.15) is 0 Å². The quantitative estimate of drug-likeness (QED) is 0.677. The molecule has 0 atom stereocenters. The van der Waals surface area contributed by atoms with Crippen LogP contribution in [0.25, 0.3) is 0 Å². The lowest BCUT2D eigenvalue weighted by molar-refractivity contribution is 0.0950. The van der Waals surface area contributed by atoms with Crippen LogP contribution in [0.3, 0.4) is 0 Å². The minimum absolute atomic E-state index is 0.266. The number of hydrogen-bond donors (Lipinski definition) is 2. The van der Waals surface area contributed by atoms with Gasteiger partial charge in [0.1, 0.15) is 0 Å². The number of aryl methyl sites for hydroxylation is 4. The van der Waals surface area contributed by atoms with Gasteiger partial charge in [-0.05, 0) is 56.0 Å². The minimum atomic E-state index is -0.291. The third kappa shape index (κ3) is 4.88. The van der Waals surface area contributed by atoms with Gasteiger partial charge in [-0.25, -0.2) is 0 Å². The molecule has 2 amide bonds. The van der Waals surface area contributed by atoms with E-state index in [4.69, 9.17) is 0 Å². The van der Waals surface area contributed by atoms with E-state index in [-0.39, 0.29) is 11.8 Å². The van der Waals surface area contributed by atoms with Crippen molar-refractivity contribution in [2.45, 2.75) is 34.2 Å². The van der Waals surface area contributed by atoms with Crippen LogP contribution in [-0.2, 0) is 6.54 Å². The van der Waals surface area contributed by atoms with Crippen molar-refractivity contribution in [1.29, 1.82) is 0 Å². The second-order valence-corrected chi connectivity index (χ2v) is 7.30. The molecule has 0 aliphatic rings. The first-order valence-electron chi connectivity index (χ1n) is 9.52. The average Bonchev–Trinajstić information content (AvgIpc) is 2.69. The van der Waals surface area contributed by atoms with Crippen LogP contribution in [0, 0.1) is 27.7 Å². The molecule has 29 heavy (non-hydrogen) atoms. The van der Waals surface area contributed by atoms with Crippen molar-refractivity contribution in [3.05, 3.63) is 93.8 Å². The topological polar surface area (TPSA) is 71.1 Å². The molecule has 5 nitrogen and oxygen atoms in total. The van der Waals surface area contributed by atoms with Gasteiger partial charge >= 0.3 is 0 Å². The number of benzene rings is 2. The second kappa shape index (κ2) is 8.69. The summed E-state index contributed by atoms with van der Waals surface area (Å²) >= 11 is 0. The van der Waals surface area contributed by atoms with Gasteiger partial charge in [0.25, 0.3) is 11.8 Å². The number of amides is 2. The summed E-state index contributed by atoms with van der Waals surface area (Å²) in [6.45, 7) is 8.37. The number of carbonyl (C=O) groups excluding carboxylic acids is 2. The molecule has 148 valence electrons. The van der Waals surface area contributed by atoms with Crippen molar-refractivity contribution in [1.82, 2.24) is 10.3 Å². The normalized spacial score (nSPS) is 10.5. The minimum Gasteiger partial charge on any atom is -0.348 e. The molecule has 3 aromatic rings. The van der Waals surface area contributed by atoms with Crippen LogP contribution in [0.2, 0.25) is 0 Å². The fourth-order valence-corrected chi connectivity index (χ4v) is 3.34. The first-order valence-corrected chi connectivity index (χ1v) is 9.52. The van der Waals surface area contributed by atoms with E-state index in [1.54, 1.807) is 6.07 Å². The van der Waals surface area contributed by atoms with Crippen molar-refractivity contribution < 1.29 is 9.59 Å². The monoisotopic (exact) mass is 387 g/mol. The van der Waals surface area contributed by atoms with Gasteiger partial charge < -0.3 is 10.6 Å². The lowest BCUT2D eigenvalue weighted by atomic mass is 10.0. The smallest absolute Gasteiger partial charge is 0.257 e. The van der Waals surface area contributed by atoms with Gasteiger partial charge in [0.05, 0.1) is 11.1 Å². The number of anilines is 1. The maximum absolute atomic E-state index is 12.7. The van der Waals surface area contributed by atoms with Gasteiger partial charge in [-0.15, -0.1) is 0 Å². The number of nitrogens with zero attached hydrogens (tertiary/aromatic N) is 1. The van der Waals surface area contributed by atoms with Gasteiger partial charge in [0.2, 0.25) is 0 Å². The van der Waals surface area contributed by atoms with Gasteiger partial charge in [0, 0.05) is 24.6 Å². The number of nitrogens with one attached hydrogen (secondary N) is 2. The molecule has 5 heteroatoms. The van der Waals surface area contributed by atoms with Crippen molar-refractivity contribution in [3.63, 3.8) is 0 Å². The lowest BCUT2D eigenvalue weighted by Gasteiger charge is -2.13. The average molecular weight is 387 g/mol. The van der Waals surface area contributed by atoms with Crippen LogP contribution in [0.15, 0.2) is 54.9 Å². The summed E-state index contributed by atoms with van der Waals surface area (Å²) < 4.78 is 0. The van der Waals surface area contributed by atoms with E-state index in [1.807, 2.05) is 64.1 Å². The van der Waals surface area contributed by atoms with E-state index < -0.39 is 0 Å². The van der Waals surface area contributed by atoms with Crippen LogP contribution < -0.4 is 10.6 Å². The van der Waals surface area contributed by atoms with Gasteiger partial charge in [-0.1, -0.05) is 42.0 Å². The Kier molecular flexibility index (Phi) is 6.07. The largest absolute Gasteiger partial charge is 0.348 e. The lowest BCUT2D eigenvalue weighted by Crippen LogP contribution is -2.24. The van der Waals surface area contributed by atoms with Crippen LogP contribution in [-0.4, -0.2) is 16.8 Å². The summed E-state index contributed by atoms with van der Waals surface area (Å²) in [5.41, 5.74) is 6.78. The summed E-state index contributed by atoms with van der Waals surface area (Å²) in [7, 11) is 0. The molecule has 0 spiro atoms. The summed E-state index contributed by atoms with van der Waals surface area (Å²) in [4.78, 5) is 29.3. The number of pyridine rings is 1. The maximum atomic E-state index is 12.7. The molecule has 0 unspecified atom stereocenters. The molecule has 1 heterocycles. The SMILES string of the molecule is Cc1cc(C)c(NC(=O)c2cncc(C(=O)NCc3ccccc3C)c2)c(C)c1. The highest BCUT2D eigenvalue weighted by Gasteiger charge is 2.14. The van der Waals surface area contributed by atoms with Crippen molar-refractivity contribution in [2.24, 2.45) is 0 Å². The van der Waals surface area contributed by atoms with Crippen LogP contribution in [0.1, 0.15) is 48.5 Å². The Morgan fingerprint density at radius 1 is 0.828 bits per heavy atom. The zero-order valence-electron chi connectivity index (χ0n) is 17.2. The predicted octanol–water partition coefficient (Wildman–Crippen LogP) is 4.50. The Labute approximate surface area is 171 Å². The molecule has 0 aliphatic carbocycles. The molecule has 2 aromatic carbocycles. The molecule has 0 fully saturated rings. The summed E-state index contributed by atoms with van der Waals surface area (Å²) in [6, 6.07) is 13.5. The third-order valence-corrected chi connectivity index (χ3v) is 4.88. The zero-order valence-corrected chi connectivity index (χ0v) is 17.2. The van der Waals surface area contributed by atoms with Crippen LogP contribution in [0.5, 0.6) is 0 Å². The van der Waals surface area contributed by atoms with E-state index in [2.05, 4.69) is 15.6 Å². The first-order chi connectivity index (χ1) is 13.8. The molecule has 1 aromatic heterocycles. The third-order valence-electron chi connectivity index (χ3n) is 4.88. The molecule has 0 saturated heterocycles. The van der Waals surface area contributed by atoms with E-state index in [1.165, 1.54) is 12.4 Å². The number of aromatic nitrogens is 1. The molecule has 0 saturated carbocycles. The Morgan fingerprint density at radius 3 is 2.10 bits per heavy atom. The summed E-state index contributed by atoms with van der Waals surface area (Å²) in [5.74, 6) is -0.556. The Bertz CT molecular complexity index is 1050. The molecule has 2 N–H and O–H groups in total. The Balaban J connectivity index is 1.72. The van der Waals surface area contributed by atoms with Gasteiger partial charge in [0.15, 0.2) is 0 Å². The number of carbonyl (C=O) groups is 2. The van der Waals surface area contributed by atoms with Crippen LogP contribution in [0.4, 0.5) is 5.69 Å². The Morgan fingerprint density at radius 2 is 1.45 bits per heavy atom. The highest BCUT2D eigenvalue weighted by Crippen LogP contribution is 2.22. The van der Waals surface area contributed by atoms with Gasteiger partial charge in [-0.3, -0.25) is 14.6 Å². The molecule has 0 radical (unpaired) electrons. The van der Waals surface area contributed by atoms with Crippen molar-refractivity contribution in [2.75, 3.05) is 5.32 Å². The Hall–Kier alpha value is -3.47. The van der Waals surface area contributed by atoms with E-state index in [0.29, 0.717) is 17.7 Å². The standard InChI is InChI=1S/C24H25N3O2/c1-15-9-17(3)22(18(4)10-15)27-24(29)21-11-20(12-25-13-21)23(28)26-14-19-8-6-5-7-16(19)2/h5-13H,14H2,1-4H3,(H,26,28)(H,27,29). The van der Waals surface area contributed by atoms with Crippen molar-refractivity contribution >= 4 is 17.5 Å². The number of hydrogen-bond acceptors (Lipinski definition) is 3. The van der Waals surface area contributed by atoms with E-state index in [0.717, 1.165) is 33.5 Å². The molecular weight excluding hydrogens is 362 g/mol. The predicted molar refractivity (Wildman–Crippen MR) is 115 cm³/mol. The maximum Gasteiger partial charge on any atom is 0.257 e. The van der Waals surface area contributed by atoms with Crippen LogP contribution >= 0.6 is 0 Å². The zero-order chi connectivity index (χ0) is 21.0. The summed E-state index contributed by atoms with van der Waals surface area (Å²) in [5, 5.41) is 5.83.